The summed E-state index contributed by atoms with van der Waals surface area (Å²) in [6.07, 6.45) is 7.35. The molecule has 1 saturated heterocycles. The van der Waals surface area contributed by atoms with Gasteiger partial charge in [0.2, 0.25) is 0 Å². The fraction of sp³-hybridized carbons (Fsp3) is 0.944. The molecule has 2 rings (SSSR count). The van der Waals surface area contributed by atoms with Gasteiger partial charge in [0.25, 0.3) is 0 Å². The van der Waals surface area contributed by atoms with Gasteiger partial charge in [-0.3, -0.25) is 0 Å². The van der Waals surface area contributed by atoms with Gasteiger partial charge in [-0.2, -0.15) is 0 Å². The van der Waals surface area contributed by atoms with E-state index < -0.39 is 5.60 Å². The van der Waals surface area contributed by atoms with Gasteiger partial charge in [-0.1, -0.05) is 26.2 Å². The number of carbonyl (C=O) groups is 1. The predicted octanol–water partition coefficient (Wildman–Crippen LogP) is 3.79. The molecule has 0 spiro atoms. The lowest BCUT2D eigenvalue weighted by molar-refractivity contribution is 0.0283. The molecule has 128 valence electrons. The van der Waals surface area contributed by atoms with Crippen LogP contribution >= 0.6 is 0 Å². The Hall–Kier alpha value is -0.770. The molecule has 0 aromatic rings. The van der Waals surface area contributed by atoms with E-state index in [9.17, 15) is 4.79 Å². The molecule has 4 nitrogen and oxygen atoms in total. The second kappa shape index (κ2) is 7.20. The number of hydrogen-bond donors (Lipinski definition) is 1. The fourth-order valence-corrected chi connectivity index (χ4v) is 4.03. The molecular formula is C18H34N2O2. The first kappa shape index (κ1) is 17.6. The standard InChI is InChI=1S/C18H34N2O2/c1-5-13-7-6-8-14(11-13)16(19)15-9-10-20(12-15)17(21)22-18(2,3)4/h13-16H,5-12,19H2,1-4H3. The molecule has 4 heteroatoms. The molecule has 0 aromatic heterocycles. The summed E-state index contributed by atoms with van der Waals surface area (Å²) in [5.41, 5.74) is 6.16. The summed E-state index contributed by atoms with van der Waals surface area (Å²) in [6.45, 7) is 9.59. The number of carbonyl (C=O) groups excluding carboxylic acids is 1. The van der Waals surface area contributed by atoms with Crippen LogP contribution < -0.4 is 5.73 Å². The molecule has 0 bridgehead atoms. The van der Waals surface area contributed by atoms with Gasteiger partial charge in [-0.25, -0.2) is 4.79 Å². The first-order chi connectivity index (χ1) is 10.3. The molecule has 2 fully saturated rings. The van der Waals surface area contributed by atoms with Crippen LogP contribution in [0.4, 0.5) is 4.79 Å². The van der Waals surface area contributed by atoms with Crippen LogP contribution in [0, 0.1) is 17.8 Å². The third-order valence-corrected chi connectivity index (χ3v) is 5.37. The van der Waals surface area contributed by atoms with E-state index in [0.717, 1.165) is 25.4 Å². The van der Waals surface area contributed by atoms with Crippen LogP contribution in [0.5, 0.6) is 0 Å². The van der Waals surface area contributed by atoms with Gasteiger partial charge in [0, 0.05) is 19.1 Å². The lowest BCUT2D eigenvalue weighted by atomic mass is 9.74. The molecule has 2 N–H and O–H groups in total. The number of ether oxygens (including phenoxy) is 1. The smallest absolute Gasteiger partial charge is 0.410 e. The zero-order valence-electron chi connectivity index (χ0n) is 14.8. The quantitative estimate of drug-likeness (QED) is 0.863. The van der Waals surface area contributed by atoms with Crippen LogP contribution in [0.15, 0.2) is 0 Å². The van der Waals surface area contributed by atoms with Crippen molar-refractivity contribution in [3.8, 4) is 0 Å². The molecule has 1 amide bonds. The summed E-state index contributed by atoms with van der Waals surface area (Å²) in [7, 11) is 0. The van der Waals surface area contributed by atoms with Gasteiger partial charge >= 0.3 is 6.09 Å². The van der Waals surface area contributed by atoms with Crippen LogP contribution in [-0.4, -0.2) is 35.7 Å². The molecule has 1 saturated carbocycles. The van der Waals surface area contributed by atoms with Gasteiger partial charge in [-0.15, -0.1) is 0 Å². The molecule has 1 heterocycles. The second-order valence-electron chi connectivity index (χ2n) is 8.25. The number of likely N-dealkylation sites (tertiary alicyclic amines) is 1. The zero-order chi connectivity index (χ0) is 16.3. The summed E-state index contributed by atoms with van der Waals surface area (Å²) in [5.74, 6) is 1.93. The Kier molecular flexibility index (Phi) is 5.76. The first-order valence-corrected chi connectivity index (χ1v) is 9.03. The maximum Gasteiger partial charge on any atom is 0.410 e. The SMILES string of the molecule is CCC1CCCC(C(N)C2CCN(C(=O)OC(C)(C)C)C2)C1. The minimum Gasteiger partial charge on any atom is -0.444 e. The lowest BCUT2D eigenvalue weighted by Crippen LogP contribution is -2.42. The van der Waals surface area contributed by atoms with E-state index in [0.29, 0.717) is 11.8 Å². The van der Waals surface area contributed by atoms with E-state index in [1.807, 2.05) is 25.7 Å². The molecular weight excluding hydrogens is 276 g/mol. The Morgan fingerprint density at radius 3 is 2.64 bits per heavy atom. The first-order valence-electron chi connectivity index (χ1n) is 9.03. The van der Waals surface area contributed by atoms with Crippen LogP contribution in [0.2, 0.25) is 0 Å². The van der Waals surface area contributed by atoms with Crippen molar-refractivity contribution in [2.75, 3.05) is 13.1 Å². The highest BCUT2D eigenvalue weighted by Gasteiger charge is 2.36. The van der Waals surface area contributed by atoms with Gasteiger partial charge in [0.1, 0.15) is 5.60 Å². The average molecular weight is 310 g/mol. The number of hydrogen-bond acceptors (Lipinski definition) is 3. The van der Waals surface area contributed by atoms with Crippen LogP contribution in [0.1, 0.15) is 66.2 Å². The molecule has 1 aliphatic carbocycles. The fourth-order valence-electron chi connectivity index (χ4n) is 4.03. The van der Waals surface area contributed by atoms with E-state index in [1.54, 1.807) is 0 Å². The van der Waals surface area contributed by atoms with E-state index in [1.165, 1.54) is 32.1 Å². The van der Waals surface area contributed by atoms with Crippen molar-refractivity contribution in [1.82, 2.24) is 4.90 Å². The van der Waals surface area contributed by atoms with Crippen LogP contribution in [0.3, 0.4) is 0 Å². The van der Waals surface area contributed by atoms with Gasteiger partial charge in [0.05, 0.1) is 0 Å². The van der Waals surface area contributed by atoms with E-state index in [4.69, 9.17) is 10.5 Å². The van der Waals surface area contributed by atoms with Crippen molar-refractivity contribution in [3.05, 3.63) is 0 Å². The highest BCUT2D eigenvalue weighted by molar-refractivity contribution is 5.68. The van der Waals surface area contributed by atoms with Gasteiger partial charge < -0.3 is 15.4 Å². The largest absolute Gasteiger partial charge is 0.444 e. The maximum absolute atomic E-state index is 12.2. The van der Waals surface area contributed by atoms with Crippen molar-refractivity contribution in [3.63, 3.8) is 0 Å². The summed E-state index contributed by atoms with van der Waals surface area (Å²) in [5, 5.41) is 0. The van der Waals surface area contributed by atoms with E-state index >= 15 is 0 Å². The molecule has 4 atom stereocenters. The minimum absolute atomic E-state index is 0.183. The molecule has 0 aromatic carbocycles. The molecule has 22 heavy (non-hydrogen) atoms. The average Bonchev–Trinajstić information content (AvgIpc) is 2.94. The van der Waals surface area contributed by atoms with Crippen molar-refractivity contribution < 1.29 is 9.53 Å². The molecule has 2 aliphatic rings. The monoisotopic (exact) mass is 310 g/mol. The second-order valence-corrected chi connectivity index (χ2v) is 8.25. The number of nitrogens with zero attached hydrogens (tertiary/aromatic N) is 1. The predicted molar refractivity (Wildman–Crippen MR) is 89.6 cm³/mol. The van der Waals surface area contributed by atoms with Crippen molar-refractivity contribution >= 4 is 6.09 Å². The molecule has 4 unspecified atom stereocenters. The van der Waals surface area contributed by atoms with Crippen LogP contribution in [0.25, 0.3) is 0 Å². The Morgan fingerprint density at radius 1 is 1.27 bits per heavy atom. The summed E-state index contributed by atoms with van der Waals surface area (Å²) < 4.78 is 5.48. The third kappa shape index (κ3) is 4.61. The normalized spacial score (nSPS) is 31.1. The Labute approximate surface area is 135 Å². The van der Waals surface area contributed by atoms with Crippen molar-refractivity contribution in [2.45, 2.75) is 77.9 Å². The Morgan fingerprint density at radius 2 is 2.00 bits per heavy atom. The Balaban J connectivity index is 1.85. The van der Waals surface area contributed by atoms with Gasteiger partial charge in [0.15, 0.2) is 0 Å². The van der Waals surface area contributed by atoms with Crippen LogP contribution in [-0.2, 0) is 4.74 Å². The summed E-state index contributed by atoms with van der Waals surface area (Å²) >= 11 is 0. The van der Waals surface area contributed by atoms with E-state index in [2.05, 4.69) is 6.92 Å². The van der Waals surface area contributed by atoms with Crippen molar-refractivity contribution in [2.24, 2.45) is 23.5 Å². The van der Waals surface area contributed by atoms with Gasteiger partial charge in [-0.05, 0) is 57.8 Å². The lowest BCUT2D eigenvalue weighted by Gasteiger charge is -2.35. The van der Waals surface area contributed by atoms with Crippen molar-refractivity contribution in [1.29, 1.82) is 0 Å². The summed E-state index contributed by atoms with van der Waals surface area (Å²) in [4.78, 5) is 14.0. The number of rotatable bonds is 3. The Bertz CT molecular complexity index is 378. The maximum atomic E-state index is 12.2. The third-order valence-electron chi connectivity index (χ3n) is 5.37. The highest BCUT2D eigenvalue weighted by Crippen LogP contribution is 2.36. The highest BCUT2D eigenvalue weighted by atomic mass is 16.6. The molecule has 0 radical (unpaired) electrons. The molecule has 1 aliphatic heterocycles. The minimum atomic E-state index is -0.422. The summed E-state index contributed by atoms with van der Waals surface area (Å²) in [6, 6.07) is 0.238. The zero-order valence-corrected chi connectivity index (χ0v) is 14.8. The topological polar surface area (TPSA) is 55.6 Å². The number of amides is 1. The van der Waals surface area contributed by atoms with E-state index in [-0.39, 0.29) is 12.1 Å². The number of nitrogens with two attached hydrogens (primary N) is 1.